The molecule has 1 aromatic heterocycles. The topological polar surface area (TPSA) is 104 Å². The molecule has 40 heavy (non-hydrogen) atoms. The Morgan fingerprint density at radius 2 is 1.57 bits per heavy atom. The van der Waals surface area contributed by atoms with E-state index in [0.717, 1.165) is 11.1 Å². The van der Waals surface area contributed by atoms with Crippen LogP contribution in [0.25, 0.3) is 17.1 Å². The molecule has 0 radical (unpaired) electrons. The fourth-order valence-electron chi connectivity index (χ4n) is 3.47. The number of ether oxygens (including phenoxy) is 4. The lowest BCUT2D eigenvalue weighted by Crippen LogP contribution is -2.24. The summed E-state index contributed by atoms with van der Waals surface area (Å²) in [5, 5.41) is 11.8. The number of anilines is 1. The number of thiocarbonyl (C=S) groups is 1. The molecule has 0 atom stereocenters. The Kier molecular flexibility index (Phi) is 8.69. The Morgan fingerprint density at radius 3 is 2.15 bits per heavy atom. The van der Waals surface area contributed by atoms with Crippen molar-refractivity contribution in [1.82, 2.24) is 20.2 Å². The van der Waals surface area contributed by atoms with E-state index < -0.39 is 6.36 Å². The van der Waals surface area contributed by atoms with Gasteiger partial charge in [-0.2, -0.15) is 5.10 Å². The molecule has 0 bridgehead atoms. The highest BCUT2D eigenvalue weighted by Gasteiger charge is 2.31. The minimum absolute atomic E-state index is 0.211. The maximum atomic E-state index is 12.4. The van der Waals surface area contributed by atoms with Crippen LogP contribution < -0.4 is 29.7 Å². The Morgan fingerprint density at radius 1 is 0.925 bits per heavy atom. The quantitative estimate of drug-likeness (QED) is 0.160. The van der Waals surface area contributed by atoms with Crippen molar-refractivity contribution in [2.24, 2.45) is 5.10 Å². The second kappa shape index (κ2) is 12.3. The number of methoxy groups -OCH3 is 3. The van der Waals surface area contributed by atoms with Gasteiger partial charge in [0.1, 0.15) is 35.0 Å². The molecule has 14 heteroatoms. The van der Waals surface area contributed by atoms with Crippen LogP contribution in [0.5, 0.6) is 23.0 Å². The van der Waals surface area contributed by atoms with Gasteiger partial charge in [-0.05, 0) is 42.0 Å². The summed E-state index contributed by atoms with van der Waals surface area (Å²) in [4.78, 5) is 4.28. The van der Waals surface area contributed by atoms with Crippen molar-refractivity contribution in [3.63, 3.8) is 0 Å². The number of nitrogens with one attached hydrogen (secondary N) is 2. The summed E-state index contributed by atoms with van der Waals surface area (Å²) in [6.45, 7) is 0. The van der Waals surface area contributed by atoms with Crippen molar-refractivity contribution in [1.29, 1.82) is 0 Å². The van der Waals surface area contributed by atoms with Crippen LogP contribution in [-0.2, 0) is 0 Å². The molecular weight excluding hydrogens is 549 g/mol. The Labute approximate surface area is 232 Å². The predicted octanol–water partition coefficient (Wildman–Crippen LogP) is 5.18. The predicted molar refractivity (Wildman–Crippen MR) is 147 cm³/mol. The molecule has 0 aliphatic carbocycles. The van der Waals surface area contributed by atoms with Crippen molar-refractivity contribution in [3.8, 4) is 40.1 Å². The second-order valence-electron chi connectivity index (χ2n) is 7.91. The normalized spacial score (nSPS) is 11.2. The standard InChI is InChI=1S/C26H23F3N6O4S/c1-36-20-12-21(37-2)23(22(13-20)38-3)32-25(40)33-31-14-16-4-6-17(7-5-16)24-30-15-35(34-24)18-8-10-19(11-9-18)39-26(27,28)29/h4-15H,1-3H3,(H2,32,33,40). The molecule has 0 saturated heterocycles. The van der Waals surface area contributed by atoms with Gasteiger partial charge >= 0.3 is 6.36 Å². The fourth-order valence-corrected chi connectivity index (χ4v) is 3.63. The summed E-state index contributed by atoms with van der Waals surface area (Å²) < 4.78 is 58.5. The van der Waals surface area contributed by atoms with Crippen LogP contribution in [0, 0.1) is 0 Å². The summed E-state index contributed by atoms with van der Waals surface area (Å²) >= 11 is 5.33. The van der Waals surface area contributed by atoms with Crippen LogP contribution >= 0.6 is 12.2 Å². The number of hydrazone groups is 1. The first-order valence-corrected chi connectivity index (χ1v) is 11.9. The van der Waals surface area contributed by atoms with Gasteiger partial charge in [0, 0.05) is 17.7 Å². The lowest BCUT2D eigenvalue weighted by molar-refractivity contribution is -0.274. The highest BCUT2D eigenvalue weighted by molar-refractivity contribution is 7.80. The van der Waals surface area contributed by atoms with E-state index in [4.69, 9.17) is 26.4 Å². The summed E-state index contributed by atoms with van der Waals surface area (Å²) in [5.41, 5.74) is 5.29. The maximum Gasteiger partial charge on any atom is 0.573 e. The molecule has 0 aliphatic heterocycles. The number of hydrogen-bond acceptors (Lipinski definition) is 8. The molecule has 10 nitrogen and oxygen atoms in total. The maximum absolute atomic E-state index is 12.4. The lowest BCUT2D eigenvalue weighted by Gasteiger charge is -2.16. The van der Waals surface area contributed by atoms with Gasteiger partial charge in [0.15, 0.2) is 10.9 Å². The van der Waals surface area contributed by atoms with Crippen molar-refractivity contribution >= 4 is 29.2 Å². The lowest BCUT2D eigenvalue weighted by atomic mass is 10.1. The Hall–Kier alpha value is -4.85. The second-order valence-corrected chi connectivity index (χ2v) is 8.32. The summed E-state index contributed by atoms with van der Waals surface area (Å²) in [6, 6.07) is 16.0. The molecule has 4 rings (SSSR count). The first-order chi connectivity index (χ1) is 19.2. The molecule has 0 unspecified atom stereocenters. The van der Waals surface area contributed by atoms with E-state index in [1.54, 1.807) is 25.5 Å². The summed E-state index contributed by atoms with van der Waals surface area (Å²) in [5.74, 6) is 1.63. The minimum atomic E-state index is -4.75. The molecule has 0 aliphatic rings. The zero-order chi connectivity index (χ0) is 28.7. The number of aromatic nitrogens is 3. The SMILES string of the molecule is COc1cc(OC)c(NC(=S)NN=Cc2ccc(-c3ncn(-c4ccc(OC(F)(F)F)cc4)n3)cc2)c(OC)c1. The largest absolute Gasteiger partial charge is 0.573 e. The number of rotatable bonds is 9. The molecule has 208 valence electrons. The molecule has 0 saturated carbocycles. The average molecular weight is 573 g/mol. The minimum Gasteiger partial charge on any atom is -0.496 e. The van der Waals surface area contributed by atoms with Gasteiger partial charge in [-0.15, -0.1) is 18.3 Å². The monoisotopic (exact) mass is 572 g/mol. The van der Waals surface area contributed by atoms with Crippen molar-refractivity contribution < 1.29 is 32.1 Å². The van der Waals surface area contributed by atoms with Gasteiger partial charge in [0.25, 0.3) is 0 Å². The van der Waals surface area contributed by atoms with Crippen LogP contribution in [0.4, 0.5) is 18.9 Å². The number of benzene rings is 3. The van der Waals surface area contributed by atoms with Crippen molar-refractivity contribution in [3.05, 3.63) is 72.6 Å². The first kappa shape index (κ1) is 28.2. The van der Waals surface area contributed by atoms with Gasteiger partial charge < -0.3 is 24.3 Å². The van der Waals surface area contributed by atoms with Crippen LogP contribution in [0.2, 0.25) is 0 Å². The number of hydrogen-bond donors (Lipinski definition) is 2. The van der Waals surface area contributed by atoms with Crippen molar-refractivity contribution in [2.45, 2.75) is 6.36 Å². The first-order valence-electron chi connectivity index (χ1n) is 11.5. The van der Waals surface area contributed by atoms with Crippen LogP contribution in [0.1, 0.15) is 5.56 Å². The van der Waals surface area contributed by atoms with Gasteiger partial charge in [-0.1, -0.05) is 24.3 Å². The van der Waals surface area contributed by atoms with E-state index in [9.17, 15) is 13.2 Å². The summed E-state index contributed by atoms with van der Waals surface area (Å²) in [6.07, 6.45) is -1.71. The molecule has 4 aromatic rings. The van der Waals surface area contributed by atoms with Gasteiger partial charge in [0.2, 0.25) is 0 Å². The highest BCUT2D eigenvalue weighted by atomic mass is 32.1. The fraction of sp³-hybridized carbons (Fsp3) is 0.154. The molecule has 0 spiro atoms. The highest BCUT2D eigenvalue weighted by Crippen LogP contribution is 2.38. The van der Waals surface area contributed by atoms with E-state index in [2.05, 4.69) is 30.7 Å². The average Bonchev–Trinajstić information content (AvgIpc) is 3.43. The van der Waals surface area contributed by atoms with Crippen LogP contribution in [0.15, 0.2) is 72.1 Å². The van der Waals surface area contributed by atoms with Crippen LogP contribution in [-0.4, -0.2) is 53.8 Å². The zero-order valence-electron chi connectivity index (χ0n) is 21.4. The van der Waals surface area contributed by atoms with Crippen LogP contribution in [0.3, 0.4) is 0 Å². The number of halogens is 3. The van der Waals surface area contributed by atoms with Gasteiger partial charge in [0.05, 0.1) is 33.2 Å². The van der Waals surface area contributed by atoms with Crippen molar-refractivity contribution in [2.75, 3.05) is 26.6 Å². The van der Waals surface area contributed by atoms with Gasteiger partial charge in [-0.3, -0.25) is 5.43 Å². The molecule has 1 heterocycles. The van der Waals surface area contributed by atoms with Gasteiger partial charge in [-0.25, -0.2) is 9.67 Å². The third-order valence-electron chi connectivity index (χ3n) is 5.33. The Bertz CT molecular complexity index is 1470. The van der Waals surface area contributed by atoms with E-state index in [-0.39, 0.29) is 10.9 Å². The number of alkyl halides is 3. The smallest absolute Gasteiger partial charge is 0.496 e. The Balaban J connectivity index is 1.36. The third-order valence-corrected chi connectivity index (χ3v) is 5.52. The molecule has 0 fully saturated rings. The molecule has 0 amide bonds. The molecule has 3 aromatic carbocycles. The van der Waals surface area contributed by atoms with E-state index >= 15 is 0 Å². The van der Waals surface area contributed by atoms with E-state index in [0.29, 0.717) is 34.4 Å². The zero-order valence-corrected chi connectivity index (χ0v) is 22.2. The van der Waals surface area contributed by atoms with E-state index in [1.807, 2.05) is 24.3 Å². The summed E-state index contributed by atoms with van der Waals surface area (Å²) in [7, 11) is 4.58. The number of nitrogens with zero attached hydrogens (tertiary/aromatic N) is 4. The molecule has 2 N–H and O–H groups in total. The third kappa shape index (κ3) is 7.17. The van der Waals surface area contributed by atoms with E-state index in [1.165, 1.54) is 49.5 Å². The molecular formula is C26H23F3N6O4S.